The summed E-state index contributed by atoms with van der Waals surface area (Å²) in [5.41, 5.74) is 0.792. The molecule has 2 rings (SSSR count). The lowest BCUT2D eigenvalue weighted by Gasteiger charge is -2.18. The maximum atomic E-state index is 12.5. The number of rotatable bonds is 10. The molecule has 0 saturated carbocycles. The number of pyridine rings is 1. The second kappa shape index (κ2) is 11.1. The van der Waals surface area contributed by atoms with Gasteiger partial charge in [0.15, 0.2) is 6.61 Å². The van der Waals surface area contributed by atoms with Crippen molar-refractivity contribution in [2.75, 3.05) is 25.0 Å². The standard InChI is InChI=1S/C20H24ClN3O5S/c1-3-24(4-2)30(27,28)17-9-5-15(6-10-17)7-12-20(26)29-14-19(25)23-18-11-8-16(21)13-22-18/h5-6,8-11,13H,3-4,7,12,14H2,1-2H3,(H,22,23,25). The number of anilines is 1. The number of nitrogens with zero attached hydrogens (tertiary/aromatic N) is 2. The number of amides is 1. The van der Waals surface area contributed by atoms with Crippen LogP contribution in [0.1, 0.15) is 25.8 Å². The van der Waals surface area contributed by atoms with E-state index >= 15 is 0 Å². The van der Waals surface area contributed by atoms with Gasteiger partial charge in [-0.05, 0) is 36.2 Å². The van der Waals surface area contributed by atoms with Gasteiger partial charge in [0.1, 0.15) is 5.82 Å². The zero-order chi connectivity index (χ0) is 22.1. The summed E-state index contributed by atoms with van der Waals surface area (Å²) in [7, 11) is -3.51. The highest BCUT2D eigenvalue weighted by atomic mass is 35.5. The molecular formula is C20H24ClN3O5S. The Morgan fingerprint density at radius 2 is 1.77 bits per heavy atom. The van der Waals surface area contributed by atoms with Gasteiger partial charge >= 0.3 is 5.97 Å². The van der Waals surface area contributed by atoms with Crippen molar-refractivity contribution in [3.8, 4) is 0 Å². The number of esters is 1. The smallest absolute Gasteiger partial charge is 0.306 e. The quantitative estimate of drug-likeness (QED) is 0.554. The van der Waals surface area contributed by atoms with Crippen LogP contribution in [-0.2, 0) is 30.8 Å². The molecule has 0 bridgehead atoms. The van der Waals surface area contributed by atoms with Crippen LogP contribution in [0.4, 0.5) is 5.82 Å². The van der Waals surface area contributed by atoms with E-state index in [0.717, 1.165) is 5.56 Å². The lowest BCUT2D eigenvalue weighted by atomic mass is 10.1. The molecular weight excluding hydrogens is 430 g/mol. The zero-order valence-electron chi connectivity index (χ0n) is 16.8. The monoisotopic (exact) mass is 453 g/mol. The van der Waals surface area contributed by atoms with Crippen LogP contribution >= 0.6 is 11.6 Å². The SMILES string of the molecule is CCN(CC)S(=O)(=O)c1ccc(CCC(=O)OCC(=O)Nc2ccc(Cl)cn2)cc1. The maximum Gasteiger partial charge on any atom is 0.306 e. The minimum atomic E-state index is -3.51. The maximum absolute atomic E-state index is 12.5. The number of halogens is 1. The van der Waals surface area contributed by atoms with Gasteiger partial charge in [-0.1, -0.05) is 37.6 Å². The van der Waals surface area contributed by atoms with Gasteiger partial charge in [-0.2, -0.15) is 4.31 Å². The van der Waals surface area contributed by atoms with Gasteiger partial charge in [0.25, 0.3) is 5.91 Å². The number of hydrogen-bond acceptors (Lipinski definition) is 6. The van der Waals surface area contributed by atoms with Gasteiger partial charge in [-0.25, -0.2) is 13.4 Å². The molecule has 0 unspecified atom stereocenters. The first-order valence-corrected chi connectivity index (χ1v) is 11.2. The van der Waals surface area contributed by atoms with Gasteiger partial charge in [0.05, 0.1) is 9.92 Å². The van der Waals surface area contributed by atoms with Crippen molar-refractivity contribution in [2.45, 2.75) is 31.6 Å². The Hall–Kier alpha value is -2.49. The highest BCUT2D eigenvalue weighted by Gasteiger charge is 2.21. The van der Waals surface area contributed by atoms with E-state index in [1.165, 1.54) is 28.7 Å². The third kappa shape index (κ3) is 6.79. The normalized spacial score (nSPS) is 11.3. The fraction of sp³-hybridized carbons (Fsp3) is 0.350. The Morgan fingerprint density at radius 1 is 1.10 bits per heavy atom. The summed E-state index contributed by atoms with van der Waals surface area (Å²) < 4.78 is 31.3. The molecule has 2 aromatic rings. The van der Waals surface area contributed by atoms with Gasteiger partial charge in [-0.3, -0.25) is 9.59 Å². The molecule has 1 aromatic heterocycles. The molecule has 0 aliphatic carbocycles. The lowest BCUT2D eigenvalue weighted by Crippen LogP contribution is -2.30. The molecule has 10 heteroatoms. The molecule has 0 aliphatic rings. The topological polar surface area (TPSA) is 106 Å². The molecule has 0 spiro atoms. The molecule has 8 nitrogen and oxygen atoms in total. The largest absolute Gasteiger partial charge is 0.456 e. The molecule has 0 aliphatic heterocycles. The van der Waals surface area contributed by atoms with Crippen LogP contribution in [0.5, 0.6) is 0 Å². The van der Waals surface area contributed by atoms with E-state index in [2.05, 4.69) is 10.3 Å². The predicted octanol–water partition coefficient (Wildman–Crippen LogP) is 2.88. The third-order valence-electron chi connectivity index (χ3n) is 4.24. The number of aryl methyl sites for hydroxylation is 1. The minimum absolute atomic E-state index is 0.0641. The number of hydrogen-bond donors (Lipinski definition) is 1. The number of carbonyl (C=O) groups excluding carboxylic acids is 2. The minimum Gasteiger partial charge on any atom is -0.456 e. The second-order valence-electron chi connectivity index (χ2n) is 6.30. The van der Waals surface area contributed by atoms with Crippen LogP contribution in [0.2, 0.25) is 5.02 Å². The van der Waals surface area contributed by atoms with Gasteiger partial charge < -0.3 is 10.1 Å². The zero-order valence-corrected chi connectivity index (χ0v) is 18.4. The van der Waals surface area contributed by atoms with Crippen LogP contribution in [-0.4, -0.2) is 49.3 Å². The van der Waals surface area contributed by atoms with E-state index in [4.69, 9.17) is 16.3 Å². The van der Waals surface area contributed by atoms with Gasteiger partial charge in [0.2, 0.25) is 10.0 Å². The van der Waals surface area contributed by atoms with Crippen LogP contribution in [0, 0.1) is 0 Å². The highest BCUT2D eigenvalue weighted by molar-refractivity contribution is 7.89. The third-order valence-corrected chi connectivity index (χ3v) is 6.53. The summed E-state index contributed by atoms with van der Waals surface area (Å²) in [4.78, 5) is 27.8. The molecule has 0 fully saturated rings. The summed E-state index contributed by atoms with van der Waals surface area (Å²) in [6.07, 6.45) is 1.82. The number of benzene rings is 1. The highest BCUT2D eigenvalue weighted by Crippen LogP contribution is 2.17. The Balaban J connectivity index is 1.80. The number of aromatic nitrogens is 1. The van der Waals surface area contributed by atoms with Crippen molar-refractivity contribution in [1.29, 1.82) is 0 Å². The van der Waals surface area contributed by atoms with Crippen LogP contribution in [0.3, 0.4) is 0 Å². The Morgan fingerprint density at radius 3 is 2.33 bits per heavy atom. The number of nitrogens with one attached hydrogen (secondary N) is 1. The fourth-order valence-electron chi connectivity index (χ4n) is 2.63. The summed E-state index contributed by atoms with van der Waals surface area (Å²) in [5, 5.41) is 2.93. The van der Waals surface area contributed by atoms with E-state index in [1.54, 1.807) is 32.0 Å². The van der Waals surface area contributed by atoms with Crippen molar-refractivity contribution in [3.63, 3.8) is 0 Å². The molecule has 1 heterocycles. The molecule has 0 radical (unpaired) electrons. The fourth-order valence-corrected chi connectivity index (χ4v) is 4.20. The summed E-state index contributed by atoms with van der Waals surface area (Å²) >= 11 is 5.72. The van der Waals surface area contributed by atoms with E-state index in [9.17, 15) is 18.0 Å². The molecule has 30 heavy (non-hydrogen) atoms. The Bertz CT molecular complexity index is 959. The van der Waals surface area contributed by atoms with Crippen LogP contribution < -0.4 is 5.32 Å². The number of sulfonamides is 1. The molecule has 0 saturated heterocycles. The van der Waals surface area contributed by atoms with Crippen molar-refractivity contribution < 1.29 is 22.7 Å². The van der Waals surface area contributed by atoms with E-state index < -0.39 is 28.5 Å². The summed E-state index contributed by atoms with van der Waals surface area (Å²) in [6, 6.07) is 9.51. The predicted molar refractivity (Wildman–Crippen MR) is 114 cm³/mol. The first kappa shape index (κ1) is 23.8. The Kier molecular flexibility index (Phi) is 8.76. The van der Waals surface area contributed by atoms with Crippen molar-refractivity contribution in [2.24, 2.45) is 0 Å². The van der Waals surface area contributed by atoms with Crippen LogP contribution in [0.25, 0.3) is 0 Å². The Labute approximate surface area is 181 Å². The molecule has 1 amide bonds. The summed E-state index contributed by atoms with van der Waals surface area (Å²) in [6.45, 7) is 3.94. The molecule has 1 N–H and O–H groups in total. The van der Waals surface area contributed by atoms with Crippen LogP contribution in [0.15, 0.2) is 47.5 Å². The van der Waals surface area contributed by atoms with Gasteiger partial charge in [0, 0.05) is 25.7 Å². The summed E-state index contributed by atoms with van der Waals surface area (Å²) in [5.74, 6) is -0.738. The van der Waals surface area contributed by atoms with Crippen molar-refractivity contribution >= 4 is 39.3 Å². The molecule has 1 aromatic carbocycles. The van der Waals surface area contributed by atoms with E-state index in [-0.39, 0.29) is 11.3 Å². The molecule has 0 atom stereocenters. The molecule has 162 valence electrons. The number of carbonyl (C=O) groups is 2. The van der Waals surface area contributed by atoms with Crippen molar-refractivity contribution in [1.82, 2.24) is 9.29 Å². The van der Waals surface area contributed by atoms with Crippen molar-refractivity contribution in [3.05, 3.63) is 53.2 Å². The average Bonchev–Trinajstić information content (AvgIpc) is 2.73. The number of ether oxygens (including phenoxy) is 1. The first-order valence-electron chi connectivity index (χ1n) is 9.42. The van der Waals surface area contributed by atoms with E-state index in [1.807, 2.05) is 0 Å². The van der Waals surface area contributed by atoms with E-state index in [0.29, 0.717) is 30.4 Å². The second-order valence-corrected chi connectivity index (χ2v) is 8.68. The van der Waals surface area contributed by atoms with Gasteiger partial charge in [-0.15, -0.1) is 0 Å². The average molecular weight is 454 g/mol. The lowest BCUT2D eigenvalue weighted by molar-refractivity contribution is -0.147. The first-order chi connectivity index (χ1) is 14.3.